The Hall–Kier alpha value is -0.770. The molecule has 5 N–H and O–H groups in total. The molecule has 0 aromatic rings. The summed E-state index contributed by atoms with van der Waals surface area (Å²) in [5, 5.41) is 2.17. The van der Waals surface area contributed by atoms with Crippen LogP contribution in [0.5, 0.6) is 0 Å². The lowest BCUT2D eigenvalue weighted by atomic mass is 11.1. The van der Waals surface area contributed by atoms with Gasteiger partial charge in [0, 0.05) is 7.05 Å². The van der Waals surface area contributed by atoms with Crippen molar-refractivity contribution in [1.29, 1.82) is 0 Å². The van der Waals surface area contributed by atoms with Crippen LogP contribution in [0.3, 0.4) is 0 Å². The molecule has 4 nitrogen and oxygen atoms in total. The van der Waals surface area contributed by atoms with Crippen molar-refractivity contribution in [2.24, 2.45) is 11.5 Å². The molecule has 7 heavy (non-hydrogen) atoms. The highest BCUT2D eigenvalue weighted by molar-refractivity contribution is 5.71. The van der Waals surface area contributed by atoms with Gasteiger partial charge in [0.15, 0.2) is 0 Å². The number of rotatable bonds is 0. The Morgan fingerprint density at radius 1 is 1.57 bits per heavy atom. The first kappa shape index (κ1) is 9.52. The maximum absolute atomic E-state index is 9.48. The highest BCUT2D eigenvalue weighted by Crippen LogP contribution is 1.38. The standard InChI is InChI=1S/C2H6N2O.CH5N/c1-4-2(3)5;1-2/h1H3,(H3,3,4,5);2H2,1H3. The maximum Gasteiger partial charge on any atom is 0.311 e. The van der Waals surface area contributed by atoms with Crippen molar-refractivity contribution in [1.82, 2.24) is 5.32 Å². The fourth-order valence-electron chi connectivity index (χ4n) is 0. The van der Waals surface area contributed by atoms with Crippen LogP contribution in [-0.2, 0) is 0 Å². The van der Waals surface area contributed by atoms with Gasteiger partial charge in [-0.3, -0.25) is 0 Å². The average Bonchev–Trinajstić information content (AvgIpc) is 1.73. The minimum absolute atomic E-state index is 0.495. The number of carbonyl (C=O) groups is 1. The Morgan fingerprint density at radius 3 is 1.71 bits per heavy atom. The summed E-state index contributed by atoms with van der Waals surface area (Å²) in [4.78, 5) is 9.48. The number of carbonyl (C=O) groups excluding carboxylic acids is 1. The molecule has 0 aliphatic heterocycles. The van der Waals surface area contributed by atoms with Crippen LogP contribution in [0.1, 0.15) is 0 Å². The number of nitrogens with one attached hydrogen (secondary N) is 1. The molecule has 44 valence electrons. The molecule has 0 rings (SSSR count). The second kappa shape index (κ2) is 8.97. The minimum Gasteiger partial charge on any atom is -0.352 e. The van der Waals surface area contributed by atoms with Crippen molar-refractivity contribution < 1.29 is 4.79 Å². The van der Waals surface area contributed by atoms with Gasteiger partial charge in [0.05, 0.1) is 0 Å². The van der Waals surface area contributed by atoms with E-state index in [1.807, 2.05) is 0 Å². The second-order valence-electron chi connectivity index (χ2n) is 0.614. The van der Waals surface area contributed by atoms with Gasteiger partial charge in [-0.2, -0.15) is 0 Å². The lowest BCUT2D eigenvalue weighted by Gasteiger charge is -1.80. The molecule has 0 saturated heterocycles. The Morgan fingerprint density at radius 2 is 1.71 bits per heavy atom. The third-order valence-corrected chi connectivity index (χ3v) is 0.246. The molecule has 0 atom stereocenters. The predicted molar refractivity (Wildman–Crippen MR) is 28.8 cm³/mol. The molecule has 4 heteroatoms. The maximum atomic E-state index is 9.48. The van der Waals surface area contributed by atoms with Gasteiger partial charge >= 0.3 is 6.03 Å². The van der Waals surface area contributed by atoms with E-state index in [9.17, 15) is 4.79 Å². The number of nitrogens with two attached hydrogens (primary N) is 2. The van der Waals surface area contributed by atoms with Gasteiger partial charge < -0.3 is 16.8 Å². The summed E-state index contributed by atoms with van der Waals surface area (Å²) in [5.41, 5.74) is 9.04. The van der Waals surface area contributed by atoms with Crippen LogP contribution in [0.15, 0.2) is 0 Å². The predicted octanol–water partition coefficient (Wildman–Crippen LogP) is -1.14. The van der Waals surface area contributed by atoms with Crippen molar-refractivity contribution >= 4 is 6.03 Å². The third-order valence-electron chi connectivity index (χ3n) is 0.246. The van der Waals surface area contributed by atoms with E-state index in [0.717, 1.165) is 0 Å². The zero-order valence-corrected chi connectivity index (χ0v) is 4.56. The summed E-state index contributed by atoms with van der Waals surface area (Å²) in [6, 6.07) is -0.495. The smallest absolute Gasteiger partial charge is 0.311 e. The van der Waals surface area contributed by atoms with Gasteiger partial charge in [0.1, 0.15) is 0 Å². The number of urea groups is 1. The quantitative estimate of drug-likeness (QED) is 0.364. The minimum atomic E-state index is -0.495. The molecular formula is C3H11N3O. The summed E-state index contributed by atoms with van der Waals surface area (Å²) >= 11 is 0. The summed E-state index contributed by atoms with van der Waals surface area (Å²) in [6.07, 6.45) is 0. The largest absolute Gasteiger partial charge is 0.352 e. The van der Waals surface area contributed by atoms with Crippen LogP contribution in [0, 0.1) is 0 Å². The summed E-state index contributed by atoms with van der Waals surface area (Å²) in [6.45, 7) is 0. The first-order valence-electron chi connectivity index (χ1n) is 1.82. The molecule has 0 unspecified atom stereocenters. The molecule has 2 amide bonds. The van der Waals surface area contributed by atoms with Crippen molar-refractivity contribution in [3.63, 3.8) is 0 Å². The van der Waals surface area contributed by atoms with Crippen molar-refractivity contribution in [2.45, 2.75) is 0 Å². The van der Waals surface area contributed by atoms with Crippen molar-refractivity contribution in [2.75, 3.05) is 14.1 Å². The molecule has 0 fully saturated rings. The van der Waals surface area contributed by atoms with Gasteiger partial charge in [-0.15, -0.1) is 0 Å². The van der Waals surface area contributed by atoms with E-state index in [-0.39, 0.29) is 0 Å². The lowest BCUT2D eigenvalue weighted by Crippen LogP contribution is -2.24. The summed E-state index contributed by atoms with van der Waals surface area (Å²) in [5.74, 6) is 0. The molecule has 0 spiro atoms. The zero-order valence-electron chi connectivity index (χ0n) is 4.56. The number of amides is 2. The Kier molecular flexibility index (Phi) is 12.2. The highest BCUT2D eigenvalue weighted by Gasteiger charge is 1.72. The van der Waals surface area contributed by atoms with E-state index in [0.29, 0.717) is 0 Å². The van der Waals surface area contributed by atoms with Crippen molar-refractivity contribution in [3.05, 3.63) is 0 Å². The van der Waals surface area contributed by atoms with E-state index in [4.69, 9.17) is 0 Å². The molecule has 0 bridgehead atoms. The highest BCUT2D eigenvalue weighted by atomic mass is 16.2. The Bertz CT molecular complexity index is 45.4. The third kappa shape index (κ3) is 36.1. The van der Waals surface area contributed by atoms with E-state index < -0.39 is 6.03 Å². The van der Waals surface area contributed by atoms with Crippen LogP contribution in [0.4, 0.5) is 4.79 Å². The van der Waals surface area contributed by atoms with E-state index in [1.54, 1.807) is 0 Å². The monoisotopic (exact) mass is 105 g/mol. The molecule has 0 aromatic carbocycles. The van der Waals surface area contributed by atoms with Crippen molar-refractivity contribution in [3.8, 4) is 0 Å². The van der Waals surface area contributed by atoms with Crippen LogP contribution >= 0.6 is 0 Å². The fourth-order valence-corrected chi connectivity index (χ4v) is 0. The topological polar surface area (TPSA) is 81.1 Å². The molecule has 0 aliphatic rings. The molecule has 0 radical (unpaired) electrons. The summed E-state index contributed by atoms with van der Waals surface area (Å²) < 4.78 is 0. The average molecular weight is 105 g/mol. The molecule has 0 aliphatic carbocycles. The van der Waals surface area contributed by atoms with Gasteiger partial charge in [0.2, 0.25) is 0 Å². The SMILES string of the molecule is CN.CNC(N)=O. The molecular weight excluding hydrogens is 94.1 g/mol. The number of hydrogen-bond donors (Lipinski definition) is 3. The van der Waals surface area contributed by atoms with Gasteiger partial charge in [-0.05, 0) is 7.05 Å². The van der Waals surface area contributed by atoms with E-state index >= 15 is 0 Å². The number of primary amides is 1. The lowest BCUT2D eigenvalue weighted by molar-refractivity contribution is 0.251. The van der Waals surface area contributed by atoms with Crippen LogP contribution in [-0.4, -0.2) is 20.1 Å². The zero-order chi connectivity index (χ0) is 6.28. The number of hydrogen-bond acceptors (Lipinski definition) is 2. The van der Waals surface area contributed by atoms with Crippen LogP contribution < -0.4 is 16.8 Å². The molecule has 0 heterocycles. The summed E-state index contributed by atoms with van der Waals surface area (Å²) in [7, 11) is 2.97. The Labute approximate surface area is 42.9 Å². The first-order valence-corrected chi connectivity index (χ1v) is 1.82. The fraction of sp³-hybridized carbons (Fsp3) is 0.667. The normalized spacial score (nSPS) is 5.57. The first-order chi connectivity index (χ1) is 3.27. The van der Waals surface area contributed by atoms with Crippen LogP contribution in [0.2, 0.25) is 0 Å². The van der Waals surface area contributed by atoms with Crippen LogP contribution in [0.25, 0.3) is 0 Å². The molecule has 0 aromatic heterocycles. The van der Waals surface area contributed by atoms with E-state index in [2.05, 4.69) is 16.8 Å². The van der Waals surface area contributed by atoms with Gasteiger partial charge in [-0.25, -0.2) is 4.79 Å². The van der Waals surface area contributed by atoms with Gasteiger partial charge in [-0.1, -0.05) is 0 Å². The van der Waals surface area contributed by atoms with E-state index in [1.165, 1.54) is 14.1 Å². The Balaban J connectivity index is 0. The van der Waals surface area contributed by atoms with Gasteiger partial charge in [0.25, 0.3) is 0 Å². The molecule has 0 saturated carbocycles. The second-order valence-corrected chi connectivity index (χ2v) is 0.614.